The largest absolute Gasteiger partial charge is 0.354 e. The van der Waals surface area contributed by atoms with Gasteiger partial charge in [-0.15, -0.1) is 0 Å². The highest BCUT2D eigenvalue weighted by molar-refractivity contribution is 5.85. The van der Waals surface area contributed by atoms with E-state index >= 15 is 0 Å². The lowest BCUT2D eigenvalue weighted by Gasteiger charge is -2.30. The maximum Gasteiger partial charge on any atom is 0.135 e. The van der Waals surface area contributed by atoms with Gasteiger partial charge in [-0.1, -0.05) is 69.7 Å². The highest BCUT2D eigenvalue weighted by Gasteiger charge is 2.18. The summed E-state index contributed by atoms with van der Waals surface area (Å²) in [5.74, 6) is 1.96. The van der Waals surface area contributed by atoms with Crippen LogP contribution in [0.2, 0.25) is 0 Å². The summed E-state index contributed by atoms with van der Waals surface area (Å²) in [6.07, 6.45) is 6.33. The number of nitrogens with one attached hydrogen (secondary N) is 1. The topological polar surface area (TPSA) is 41.1 Å². The Morgan fingerprint density at radius 1 is 1.00 bits per heavy atom. The van der Waals surface area contributed by atoms with Crippen molar-refractivity contribution in [1.29, 1.82) is 0 Å². The molecule has 2 heterocycles. The highest BCUT2D eigenvalue weighted by atomic mass is 15.2. The number of fused-ring (bicyclic) bond motifs is 1. The van der Waals surface area contributed by atoms with Crippen LogP contribution in [0.15, 0.2) is 48.8 Å². The molecular weight excluding hydrogens is 380 g/mol. The van der Waals surface area contributed by atoms with Crippen LogP contribution in [0.5, 0.6) is 0 Å². The van der Waals surface area contributed by atoms with Gasteiger partial charge >= 0.3 is 0 Å². The fourth-order valence-corrected chi connectivity index (χ4v) is 4.13. The van der Waals surface area contributed by atoms with Gasteiger partial charge in [0.2, 0.25) is 0 Å². The van der Waals surface area contributed by atoms with Crippen molar-refractivity contribution in [3.63, 3.8) is 0 Å². The smallest absolute Gasteiger partial charge is 0.135 e. The average Bonchev–Trinajstić information content (AvgIpc) is 2.83. The van der Waals surface area contributed by atoms with Crippen LogP contribution >= 0.6 is 0 Å². The van der Waals surface area contributed by atoms with Crippen LogP contribution in [0.25, 0.3) is 10.8 Å². The molecule has 166 valence electrons. The summed E-state index contributed by atoms with van der Waals surface area (Å²) in [5.41, 5.74) is 3.97. The number of nitrogens with zero attached hydrogens (tertiary/aromatic N) is 3. The second kappa shape index (κ2) is 11.8. The minimum absolute atomic E-state index is 0.774. The van der Waals surface area contributed by atoms with Crippen LogP contribution in [-0.2, 0) is 12.8 Å². The quantitative estimate of drug-likeness (QED) is 0.568. The molecule has 31 heavy (non-hydrogen) atoms. The lowest BCUT2D eigenvalue weighted by molar-refractivity contribution is 0.512. The Kier molecular flexibility index (Phi) is 8.84. The molecule has 1 saturated heterocycles. The molecule has 0 amide bonds. The molecule has 3 aromatic rings. The first-order valence-electron chi connectivity index (χ1n) is 11.9. The van der Waals surface area contributed by atoms with Crippen molar-refractivity contribution in [3.8, 4) is 0 Å². The number of aromatic nitrogens is 2. The average molecular weight is 419 g/mol. The summed E-state index contributed by atoms with van der Waals surface area (Å²) in [5, 5.41) is 6.09. The van der Waals surface area contributed by atoms with E-state index in [4.69, 9.17) is 0 Å². The van der Waals surface area contributed by atoms with E-state index in [9.17, 15) is 0 Å². The van der Waals surface area contributed by atoms with Gasteiger partial charge in [-0.25, -0.2) is 9.97 Å². The Morgan fingerprint density at radius 3 is 2.45 bits per heavy atom. The van der Waals surface area contributed by atoms with Gasteiger partial charge in [0.15, 0.2) is 0 Å². The Balaban J connectivity index is 0.000000207. The standard InChI is InChI=1S/C16H28N4.C11H10/c1-4-13(3)6-7-14-15(5-2)18-12-19-16(14)20-10-8-17-9-11-20;1-9-5-4-7-10-6-2-3-8-11(9)10/h12-13,17H,4-11H2,1-3H3;2-8H,1H3. The van der Waals surface area contributed by atoms with E-state index in [2.05, 4.69) is 90.3 Å². The zero-order valence-electron chi connectivity index (χ0n) is 19.7. The van der Waals surface area contributed by atoms with E-state index in [-0.39, 0.29) is 0 Å². The molecule has 1 aliphatic rings. The van der Waals surface area contributed by atoms with Gasteiger partial charge in [-0.2, -0.15) is 0 Å². The Labute approximate surface area is 188 Å². The first-order valence-corrected chi connectivity index (χ1v) is 11.9. The molecule has 1 unspecified atom stereocenters. The van der Waals surface area contributed by atoms with Crippen LogP contribution < -0.4 is 10.2 Å². The van der Waals surface area contributed by atoms with Crippen LogP contribution in [-0.4, -0.2) is 36.1 Å². The maximum atomic E-state index is 4.60. The Bertz CT molecular complexity index is 942. The van der Waals surface area contributed by atoms with Gasteiger partial charge in [0.1, 0.15) is 12.1 Å². The predicted molar refractivity (Wildman–Crippen MR) is 133 cm³/mol. The van der Waals surface area contributed by atoms with E-state index in [1.807, 2.05) is 0 Å². The van der Waals surface area contributed by atoms with E-state index in [0.29, 0.717) is 0 Å². The lowest BCUT2D eigenvalue weighted by Crippen LogP contribution is -2.44. The fourth-order valence-electron chi connectivity index (χ4n) is 4.13. The molecule has 0 bridgehead atoms. The van der Waals surface area contributed by atoms with Crippen molar-refractivity contribution in [2.75, 3.05) is 31.1 Å². The Morgan fingerprint density at radius 2 is 1.74 bits per heavy atom. The lowest BCUT2D eigenvalue weighted by atomic mass is 9.97. The predicted octanol–water partition coefficient (Wildman–Crippen LogP) is 5.58. The molecule has 0 radical (unpaired) electrons. The molecule has 2 aromatic carbocycles. The zero-order valence-corrected chi connectivity index (χ0v) is 19.7. The highest BCUT2D eigenvalue weighted by Crippen LogP contribution is 2.24. The molecule has 1 N–H and O–H groups in total. The Hall–Kier alpha value is -2.46. The van der Waals surface area contributed by atoms with Crippen molar-refractivity contribution >= 4 is 16.6 Å². The van der Waals surface area contributed by atoms with E-state index in [0.717, 1.165) is 44.9 Å². The second-order valence-corrected chi connectivity index (χ2v) is 8.56. The third-order valence-electron chi connectivity index (χ3n) is 6.35. The first kappa shape index (κ1) is 23.2. The normalized spacial score (nSPS) is 14.8. The molecule has 0 spiro atoms. The minimum Gasteiger partial charge on any atom is -0.354 e. The number of benzene rings is 2. The van der Waals surface area contributed by atoms with E-state index in [1.54, 1.807) is 6.33 Å². The summed E-state index contributed by atoms with van der Waals surface area (Å²) in [4.78, 5) is 11.5. The molecule has 4 heteroatoms. The molecule has 1 aliphatic heterocycles. The van der Waals surface area contributed by atoms with Crippen molar-refractivity contribution < 1.29 is 0 Å². The fraction of sp³-hybridized carbons (Fsp3) is 0.481. The van der Waals surface area contributed by atoms with Gasteiger partial charge in [0, 0.05) is 37.4 Å². The SMILES string of the molecule is CCc1ncnc(N2CCNCC2)c1CCC(C)CC.Cc1cccc2ccccc12. The van der Waals surface area contributed by atoms with E-state index in [1.165, 1.54) is 46.3 Å². The third kappa shape index (κ3) is 6.27. The van der Waals surface area contributed by atoms with Crippen LogP contribution in [0.1, 0.15) is 50.4 Å². The monoisotopic (exact) mass is 418 g/mol. The molecule has 1 atom stereocenters. The van der Waals surface area contributed by atoms with Gasteiger partial charge in [0.25, 0.3) is 0 Å². The van der Waals surface area contributed by atoms with Crippen LogP contribution in [0.4, 0.5) is 5.82 Å². The summed E-state index contributed by atoms with van der Waals surface area (Å²) in [6, 6.07) is 14.8. The number of anilines is 1. The molecule has 1 fully saturated rings. The second-order valence-electron chi connectivity index (χ2n) is 8.56. The van der Waals surface area contributed by atoms with Crippen molar-refractivity contribution in [3.05, 3.63) is 65.6 Å². The molecule has 4 nitrogen and oxygen atoms in total. The van der Waals surface area contributed by atoms with Gasteiger partial charge < -0.3 is 10.2 Å². The molecule has 0 aliphatic carbocycles. The number of aryl methyl sites for hydroxylation is 2. The van der Waals surface area contributed by atoms with Gasteiger partial charge in [-0.05, 0) is 48.4 Å². The van der Waals surface area contributed by atoms with Gasteiger partial charge in [-0.3, -0.25) is 0 Å². The van der Waals surface area contributed by atoms with Crippen molar-refractivity contribution in [2.24, 2.45) is 5.92 Å². The molecular formula is C27H38N4. The molecule has 0 saturated carbocycles. The number of piperazine rings is 1. The molecule has 1 aromatic heterocycles. The minimum atomic E-state index is 0.774. The van der Waals surface area contributed by atoms with Crippen LogP contribution in [0, 0.1) is 12.8 Å². The van der Waals surface area contributed by atoms with Crippen LogP contribution in [0.3, 0.4) is 0 Å². The summed E-state index contributed by atoms with van der Waals surface area (Å²) in [6.45, 7) is 13.1. The third-order valence-corrected chi connectivity index (χ3v) is 6.35. The summed E-state index contributed by atoms with van der Waals surface area (Å²) >= 11 is 0. The molecule has 4 rings (SSSR count). The summed E-state index contributed by atoms with van der Waals surface area (Å²) in [7, 11) is 0. The summed E-state index contributed by atoms with van der Waals surface area (Å²) < 4.78 is 0. The van der Waals surface area contributed by atoms with Crippen molar-refractivity contribution in [2.45, 2.75) is 53.4 Å². The maximum absolute atomic E-state index is 4.60. The first-order chi connectivity index (χ1) is 15.1. The van der Waals surface area contributed by atoms with Gasteiger partial charge in [0.05, 0.1) is 0 Å². The number of hydrogen-bond donors (Lipinski definition) is 1. The number of rotatable bonds is 6. The van der Waals surface area contributed by atoms with E-state index < -0.39 is 0 Å². The van der Waals surface area contributed by atoms with Crippen molar-refractivity contribution in [1.82, 2.24) is 15.3 Å². The number of hydrogen-bond acceptors (Lipinski definition) is 4. The zero-order chi connectivity index (χ0) is 22.1.